The Hall–Kier alpha value is -5.90. The highest BCUT2D eigenvalue weighted by molar-refractivity contribution is 7.92. The molecule has 44 heavy (non-hydrogen) atoms. The molecule has 0 fully saturated rings. The summed E-state index contributed by atoms with van der Waals surface area (Å²) in [4.78, 5) is 40.7. The van der Waals surface area contributed by atoms with Gasteiger partial charge in [-0.25, -0.2) is 33.1 Å². The van der Waals surface area contributed by atoms with Gasteiger partial charge in [0.1, 0.15) is 17.4 Å². The van der Waals surface area contributed by atoms with Gasteiger partial charge in [-0.15, -0.1) is 0 Å². The SMILES string of the molecule is CC1=NC(Nc2ccc(S(=O)(=O)Nc3ncccn3)cc2)=NC(c2ccc(O)cc2O)C1C(=O)Nc1cccc([N+](=O)[O-])c1. The number of hydrogen-bond acceptors (Lipinski definition) is 12. The van der Waals surface area contributed by atoms with E-state index in [0.717, 1.165) is 6.07 Å². The predicted octanol–water partition coefficient (Wildman–Crippen LogP) is 3.84. The number of anilines is 3. The van der Waals surface area contributed by atoms with E-state index < -0.39 is 32.8 Å². The van der Waals surface area contributed by atoms with Gasteiger partial charge in [-0.1, -0.05) is 6.07 Å². The van der Waals surface area contributed by atoms with Gasteiger partial charge in [0.2, 0.25) is 17.8 Å². The van der Waals surface area contributed by atoms with Crippen molar-refractivity contribution in [3.8, 4) is 11.5 Å². The molecule has 5 N–H and O–H groups in total. The maximum Gasteiger partial charge on any atom is 0.271 e. The van der Waals surface area contributed by atoms with Crippen molar-refractivity contribution in [3.05, 3.63) is 101 Å². The molecule has 0 bridgehead atoms. The Morgan fingerprint density at radius 3 is 2.36 bits per heavy atom. The zero-order valence-electron chi connectivity index (χ0n) is 22.8. The number of sulfonamides is 1. The third-order valence-electron chi connectivity index (χ3n) is 6.46. The highest BCUT2D eigenvalue weighted by Crippen LogP contribution is 2.38. The van der Waals surface area contributed by atoms with Gasteiger partial charge < -0.3 is 20.8 Å². The van der Waals surface area contributed by atoms with Gasteiger partial charge in [0, 0.05) is 53.2 Å². The van der Waals surface area contributed by atoms with Crippen LogP contribution in [0.1, 0.15) is 18.5 Å². The number of aromatic nitrogens is 2. The van der Waals surface area contributed by atoms with Crippen molar-refractivity contribution < 1.29 is 28.3 Å². The van der Waals surface area contributed by atoms with Crippen molar-refractivity contribution in [1.29, 1.82) is 0 Å². The monoisotopic (exact) mass is 616 g/mol. The summed E-state index contributed by atoms with van der Waals surface area (Å²) in [6.45, 7) is 1.59. The molecular formula is C28H24N8O7S. The zero-order valence-corrected chi connectivity index (χ0v) is 23.6. The first kappa shape index (κ1) is 29.6. The fourth-order valence-corrected chi connectivity index (χ4v) is 5.38. The van der Waals surface area contributed by atoms with Gasteiger partial charge in [0.05, 0.1) is 15.9 Å². The fraction of sp³-hybridized carbons (Fsp3) is 0.107. The van der Waals surface area contributed by atoms with Gasteiger partial charge in [0.15, 0.2) is 0 Å². The lowest BCUT2D eigenvalue weighted by Crippen LogP contribution is -2.37. The van der Waals surface area contributed by atoms with Crippen LogP contribution < -0.4 is 15.4 Å². The van der Waals surface area contributed by atoms with E-state index in [0.29, 0.717) is 11.4 Å². The largest absolute Gasteiger partial charge is 0.508 e. The Morgan fingerprint density at radius 1 is 0.955 bits per heavy atom. The molecule has 0 spiro atoms. The molecule has 15 nitrogen and oxygen atoms in total. The van der Waals surface area contributed by atoms with Crippen LogP contribution in [-0.4, -0.2) is 51.1 Å². The predicted molar refractivity (Wildman–Crippen MR) is 161 cm³/mol. The van der Waals surface area contributed by atoms with Crippen LogP contribution in [-0.2, 0) is 14.8 Å². The second kappa shape index (κ2) is 12.1. The van der Waals surface area contributed by atoms with E-state index in [2.05, 4.69) is 35.3 Å². The summed E-state index contributed by atoms with van der Waals surface area (Å²) < 4.78 is 27.7. The van der Waals surface area contributed by atoms with Crippen molar-refractivity contribution in [1.82, 2.24) is 9.97 Å². The molecule has 2 heterocycles. The highest BCUT2D eigenvalue weighted by Gasteiger charge is 2.37. The number of nitrogens with zero attached hydrogens (tertiary/aromatic N) is 5. The number of guanidine groups is 1. The Balaban J connectivity index is 1.41. The quantitative estimate of drug-likeness (QED) is 0.142. The van der Waals surface area contributed by atoms with Crippen molar-refractivity contribution in [2.45, 2.75) is 17.9 Å². The van der Waals surface area contributed by atoms with Crippen LogP contribution in [0.25, 0.3) is 0 Å². The number of aliphatic imine (C=N–C) groups is 2. The average Bonchev–Trinajstić information content (AvgIpc) is 2.97. The lowest BCUT2D eigenvalue weighted by molar-refractivity contribution is -0.384. The molecule has 1 aromatic heterocycles. The third kappa shape index (κ3) is 6.60. The van der Waals surface area contributed by atoms with Gasteiger partial charge in [-0.05, 0) is 55.5 Å². The minimum Gasteiger partial charge on any atom is -0.508 e. The number of benzene rings is 3. The number of nitrogens with one attached hydrogen (secondary N) is 3. The maximum atomic E-state index is 13.5. The first-order valence-corrected chi connectivity index (χ1v) is 14.4. The summed E-state index contributed by atoms with van der Waals surface area (Å²) in [6, 6.07) is 15.5. The maximum absolute atomic E-state index is 13.5. The topological polar surface area (TPSA) is 221 Å². The summed E-state index contributed by atoms with van der Waals surface area (Å²) in [5, 5.41) is 37.3. The summed E-state index contributed by atoms with van der Waals surface area (Å²) in [6.07, 6.45) is 2.80. The average molecular weight is 617 g/mol. The van der Waals surface area contributed by atoms with Crippen molar-refractivity contribution in [3.63, 3.8) is 0 Å². The third-order valence-corrected chi connectivity index (χ3v) is 7.81. The molecule has 2 unspecified atom stereocenters. The minimum atomic E-state index is -3.97. The number of non-ortho nitro benzene ring substituents is 1. The molecule has 1 amide bonds. The minimum absolute atomic E-state index is 0.0504. The number of nitro benzene ring substituents is 1. The van der Waals surface area contributed by atoms with Crippen LogP contribution in [0, 0.1) is 16.0 Å². The van der Waals surface area contributed by atoms with Gasteiger partial charge in [-0.3, -0.25) is 14.9 Å². The molecule has 4 aromatic rings. The van der Waals surface area contributed by atoms with E-state index in [1.165, 1.54) is 73.1 Å². The Bertz CT molecular complexity index is 1900. The summed E-state index contributed by atoms with van der Waals surface area (Å²) in [5.74, 6) is -2.17. The molecule has 2 atom stereocenters. The standard InChI is InChI=1S/C28H24N8O7S/c1-16-24(26(39)32-18-4-2-5-19(14-18)36(40)41)25(22-11-8-20(37)15-23(22)38)34-28(31-16)33-17-6-9-21(10-7-17)44(42,43)35-27-29-12-3-13-30-27/h2-15,24-25,37-38H,1H3,(H,32,39)(H,33,34)(H,29,30,35). The normalized spacial score (nSPS) is 16.3. The second-order valence-corrected chi connectivity index (χ2v) is 11.2. The first-order valence-electron chi connectivity index (χ1n) is 12.9. The fourth-order valence-electron chi connectivity index (χ4n) is 4.42. The second-order valence-electron chi connectivity index (χ2n) is 9.50. The van der Waals surface area contributed by atoms with Crippen LogP contribution in [0.4, 0.5) is 23.0 Å². The van der Waals surface area contributed by atoms with Crippen LogP contribution >= 0.6 is 0 Å². The Kier molecular flexibility index (Phi) is 8.17. The number of hydrogen-bond donors (Lipinski definition) is 5. The number of carbonyl (C=O) groups excluding carboxylic acids is 1. The van der Waals surface area contributed by atoms with Crippen LogP contribution in [0.15, 0.2) is 100 Å². The lowest BCUT2D eigenvalue weighted by Gasteiger charge is -2.28. The number of rotatable bonds is 8. The number of amides is 1. The Morgan fingerprint density at radius 2 is 1.68 bits per heavy atom. The molecule has 5 rings (SSSR count). The van der Waals surface area contributed by atoms with Gasteiger partial charge in [-0.2, -0.15) is 0 Å². The lowest BCUT2D eigenvalue weighted by atomic mass is 9.87. The molecule has 224 valence electrons. The van der Waals surface area contributed by atoms with Gasteiger partial charge in [0.25, 0.3) is 15.7 Å². The number of carbonyl (C=O) groups is 1. The van der Waals surface area contributed by atoms with E-state index in [1.54, 1.807) is 13.0 Å². The Labute approximate surface area is 250 Å². The van der Waals surface area contributed by atoms with Crippen molar-refractivity contribution in [2.75, 3.05) is 15.4 Å². The molecular weight excluding hydrogens is 592 g/mol. The number of aromatic hydroxyl groups is 2. The number of phenolic OH excluding ortho intramolecular Hbond substituents is 2. The van der Waals surface area contributed by atoms with Crippen LogP contribution in [0.2, 0.25) is 0 Å². The summed E-state index contributed by atoms with van der Waals surface area (Å²) in [5.41, 5.74) is 0.905. The molecule has 1 aliphatic heterocycles. The van der Waals surface area contributed by atoms with Crippen molar-refractivity contribution in [2.24, 2.45) is 15.9 Å². The molecule has 0 saturated heterocycles. The highest BCUT2D eigenvalue weighted by atomic mass is 32.2. The van der Waals surface area contributed by atoms with E-state index >= 15 is 0 Å². The van der Waals surface area contributed by atoms with Crippen molar-refractivity contribution >= 4 is 50.6 Å². The molecule has 0 saturated carbocycles. The van der Waals surface area contributed by atoms with E-state index in [9.17, 15) is 33.5 Å². The molecule has 1 aliphatic rings. The number of phenols is 2. The smallest absolute Gasteiger partial charge is 0.271 e. The van der Waals surface area contributed by atoms with Gasteiger partial charge >= 0.3 is 0 Å². The summed E-state index contributed by atoms with van der Waals surface area (Å²) >= 11 is 0. The van der Waals surface area contributed by atoms with Crippen LogP contribution in [0.3, 0.4) is 0 Å². The van der Waals surface area contributed by atoms with E-state index in [-0.39, 0.29) is 45.2 Å². The van der Waals surface area contributed by atoms with E-state index in [1.807, 2.05) is 0 Å². The molecule has 16 heteroatoms. The first-order chi connectivity index (χ1) is 21.0. The van der Waals surface area contributed by atoms with Crippen LogP contribution in [0.5, 0.6) is 11.5 Å². The number of nitro groups is 1. The molecule has 3 aromatic carbocycles. The molecule has 0 aliphatic carbocycles. The van der Waals surface area contributed by atoms with E-state index in [4.69, 9.17) is 0 Å². The summed E-state index contributed by atoms with van der Waals surface area (Å²) in [7, 11) is -3.97. The molecule has 0 radical (unpaired) electrons. The zero-order chi connectivity index (χ0) is 31.4.